The maximum Gasteiger partial charge on any atom is 0.257 e. The lowest BCUT2D eigenvalue weighted by atomic mass is 10.2. The highest BCUT2D eigenvalue weighted by Crippen LogP contribution is 2.15. The number of amides is 1. The molecule has 0 unspecified atom stereocenters. The number of nitrogens with two attached hydrogens (primary N) is 1. The molecule has 0 aliphatic carbocycles. The molecule has 98 valence electrons. The monoisotopic (exact) mass is 258 g/mol. The zero-order valence-electron chi connectivity index (χ0n) is 10.1. The van der Waals surface area contributed by atoms with Crippen molar-refractivity contribution in [3.8, 4) is 0 Å². The summed E-state index contributed by atoms with van der Waals surface area (Å²) in [4.78, 5) is 15.9. The van der Waals surface area contributed by atoms with Crippen molar-refractivity contribution in [2.45, 2.75) is 6.61 Å². The summed E-state index contributed by atoms with van der Waals surface area (Å²) in [5.41, 5.74) is 4.71. The second kappa shape index (κ2) is 5.94. The number of nitrogen functional groups attached to an aromatic ring is 1. The minimum absolute atomic E-state index is 0.0280. The molecule has 1 aromatic heterocycles. The van der Waals surface area contributed by atoms with Gasteiger partial charge in [-0.3, -0.25) is 15.6 Å². The number of nitrogens with zero attached hydrogens (tertiary/aromatic N) is 1. The van der Waals surface area contributed by atoms with Gasteiger partial charge in [0.15, 0.2) is 0 Å². The molecule has 1 aromatic carbocycles. The summed E-state index contributed by atoms with van der Waals surface area (Å²) in [5, 5.41) is 11.7. The van der Waals surface area contributed by atoms with Crippen LogP contribution in [-0.4, -0.2) is 16.0 Å². The Hall–Kier alpha value is -2.44. The van der Waals surface area contributed by atoms with Gasteiger partial charge >= 0.3 is 0 Å². The highest BCUT2D eigenvalue weighted by Gasteiger charge is 2.10. The lowest BCUT2D eigenvalue weighted by molar-refractivity contribution is 0.102. The standard InChI is InChI=1S/C13H14N4O2/c14-17-12-7-15-6-5-11(12)13(19)16-10-3-1-9(8-18)2-4-10/h1-7,17-18H,8,14H2,(H,16,19). The van der Waals surface area contributed by atoms with E-state index in [9.17, 15) is 4.79 Å². The van der Waals surface area contributed by atoms with E-state index in [0.29, 0.717) is 16.9 Å². The molecule has 0 saturated heterocycles. The number of nitrogens with one attached hydrogen (secondary N) is 2. The number of anilines is 2. The fourth-order valence-electron chi connectivity index (χ4n) is 1.60. The maximum atomic E-state index is 12.1. The lowest BCUT2D eigenvalue weighted by Crippen LogP contribution is -2.17. The van der Waals surface area contributed by atoms with E-state index < -0.39 is 0 Å². The molecule has 0 fully saturated rings. The Morgan fingerprint density at radius 2 is 2.00 bits per heavy atom. The van der Waals surface area contributed by atoms with Crippen molar-refractivity contribution >= 4 is 17.3 Å². The normalized spacial score (nSPS) is 10.0. The molecule has 1 amide bonds. The van der Waals surface area contributed by atoms with Crippen LogP contribution in [0.3, 0.4) is 0 Å². The van der Waals surface area contributed by atoms with Crippen LogP contribution in [0.1, 0.15) is 15.9 Å². The third kappa shape index (κ3) is 3.06. The number of hydrazine groups is 1. The molecule has 0 atom stereocenters. The van der Waals surface area contributed by atoms with Crippen molar-refractivity contribution in [3.05, 3.63) is 53.9 Å². The van der Waals surface area contributed by atoms with E-state index in [4.69, 9.17) is 10.9 Å². The van der Waals surface area contributed by atoms with Gasteiger partial charge in [-0.05, 0) is 23.8 Å². The average molecular weight is 258 g/mol. The molecular weight excluding hydrogens is 244 g/mol. The van der Waals surface area contributed by atoms with Crippen LogP contribution in [-0.2, 0) is 6.61 Å². The Kier molecular flexibility index (Phi) is 4.07. The molecular formula is C13H14N4O2. The number of hydrogen-bond donors (Lipinski definition) is 4. The van der Waals surface area contributed by atoms with Gasteiger partial charge in [0.05, 0.1) is 24.1 Å². The summed E-state index contributed by atoms with van der Waals surface area (Å²) in [7, 11) is 0. The Labute approximate surface area is 110 Å². The molecule has 6 nitrogen and oxygen atoms in total. The fraction of sp³-hybridized carbons (Fsp3) is 0.0769. The number of aromatic nitrogens is 1. The molecule has 0 aliphatic heterocycles. The Morgan fingerprint density at radius 3 is 2.63 bits per heavy atom. The third-order valence-corrected chi connectivity index (χ3v) is 2.62. The van der Waals surface area contributed by atoms with Gasteiger partial charge in [0.2, 0.25) is 0 Å². The second-order valence-electron chi connectivity index (χ2n) is 3.87. The Balaban J connectivity index is 2.16. The molecule has 5 N–H and O–H groups in total. The average Bonchev–Trinajstić information content (AvgIpc) is 2.48. The zero-order chi connectivity index (χ0) is 13.7. The van der Waals surface area contributed by atoms with Crippen molar-refractivity contribution in [2.75, 3.05) is 10.7 Å². The lowest BCUT2D eigenvalue weighted by Gasteiger charge is -2.09. The van der Waals surface area contributed by atoms with Gasteiger partial charge in [-0.15, -0.1) is 0 Å². The largest absolute Gasteiger partial charge is 0.392 e. The van der Waals surface area contributed by atoms with Gasteiger partial charge < -0.3 is 15.8 Å². The number of benzene rings is 1. The summed E-state index contributed by atoms with van der Waals surface area (Å²) in [6, 6.07) is 8.50. The predicted octanol–water partition coefficient (Wildman–Crippen LogP) is 1.11. The van der Waals surface area contributed by atoms with Crippen LogP contribution in [0.2, 0.25) is 0 Å². The van der Waals surface area contributed by atoms with E-state index in [2.05, 4.69) is 15.7 Å². The molecule has 0 radical (unpaired) electrons. The van der Waals surface area contributed by atoms with E-state index in [1.54, 1.807) is 30.3 Å². The highest BCUT2D eigenvalue weighted by molar-refractivity contribution is 6.07. The molecule has 19 heavy (non-hydrogen) atoms. The number of hydrogen-bond acceptors (Lipinski definition) is 5. The van der Waals surface area contributed by atoms with Gasteiger partial charge in [0.1, 0.15) is 0 Å². The van der Waals surface area contributed by atoms with Crippen molar-refractivity contribution in [3.63, 3.8) is 0 Å². The molecule has 1 heterocycles. The van der Waals surface area contributed by atoms with Crippen molar-refractivity contribution in [1.29, 1.82) is 0 Å². The minimum Gasteiger partial charge on any atom is -0.392 e. The van der Waals surface area contributed by atoms with Gasteiger partial charge in [-0.25, -0.2) is 0 Å². The van der Waals surface area contributed by atoms with Crippen LogP contribution >= 0.6 is 0 Å². The molecule has 0 spiro atoms. The molecule has 2 aromatic rings. The van der Waals surface area contributed by atoms with E-state index in [0.717, 1.165) is 5.56 Å². The van der Waals surface area contributed by atoms with Gasteiger partial charge in [0.25, 0.3) is 5.91 Å². The fourth-order valence-corrected chi connectivity index (χ4v) is 1.60. The summed E-state index contributed by atoms with van der Waals surface area (Å²) >= 11 is 0. The minimum atomic E-state index is -0.285. The van der Waals surface area contributed by atoms with Gasteiger partial charge in [-0.1, -0.05) is 12.1 Å². The van der Waals surface area contributed by atoms with Crippen molar-refractivity contribution in [1.82, 2.24) is 4.98 Å². The van der Waals surface area contributed by atoms with E-state index in [1.807, 2.05) is 0 Å². The smallest absolute Gasteiger partial charge is 0.257 e. The first-order valence-corrected chi connectivity index (χ1v) is 5.66. The number of rotatable bonds is 4. The second-order valence-corrected chi connectivity index (χ2v) is 3.87. The van der Waals surface area contributed by atoms with Crippen LogP contribution in [0.15, 0.2) is 42.7 Å². The van der Waals surface area contributed by atoms with Crippen LogP contribution in [0.5, 0.6) is 0 Å². The Bertz CT molecular complexity index is 569. The Morgan fingerprint density at radius 1 is 1.26 bits per heavy atom. The molecule has 6 heteroatoms. The quantitative estimate of drug-likeness (QED) is 0.486. The number of aliphatic hydroxyl groups is 1. The van der Waals surface area contributed by atoms with Gasteiger partial charge in [-0.2, -0.15) is 0 Å². The zero-order valence-corrected chi connectivity index (χ0v) is 10.1. The summed E-state index contributed by atoms with van der Waals surface area (Å²) in [6.45, 7) is -0.0280. The number of pyridine rings is 1. The first-order valence-electron chi connectivity index (χ1n) is 5.66. The van der Waals surface area contributed by atoms with Gasteiger partial charge in [0, 0.05) is 11.9 Å². The first-order chi connectivity index (χ1) is 9.24. The van der Waals surface area contributed by atoms with E-state index >= 15 is 0 Å². The summed E-state index contributed by atoms with van der Waals surface area (Å²) < 4.78 is 0. The molecule has 0 saturated carbocycles. The predicted molar refractivity (Wildman–Crippen MR) is 72.4 cm³/mol. The van der Waals surface area contributed by atoms with E-state index in [1.165, 1.54) is 12.4 Å². The number of carbonyl (C=O) groups is 1. The first kappa shape index (κ1) is 13.0. The topological polar surface area (TPSA) is 100 Å². The van der Waals surface area contributed by atoms with Crippen molar-refractivity contribution < 1.29 is 9.90 Å². The third-order valence-electron chi connectivity index (χ3n) is 2.62. The number of aliphatic hydroxyl groups excluding tert-OH is 1. The molecule has 2 rings (SSSR count). The van der Waals surface area contributed by atoms with Crippen LogP contribution in [0.25, 0.3) is 0 Å². The number of carbonyl (C=O) groups excluding carboxylic acids is 1. The van der Waals surface area contributed by atoms with E-state index in [-0.39, 0.29) is 12.5 Å². The van der Waals surface area contributed by atoms with Crippen molar-refractivity contribution in [2.24, 2.45) is 5.84 Å². The highest BCUT2D eigenvalue weighted by atomic mass is 16.3. The summed E-state index contributed by atoms with van der Waals surface area (Å²) in [6.07, 6.45) is 2.99. The van der Waals surface area contributed by atoms with Crippen LogP contribution in [0, 0.1) is 0 Å². The summed E-state index contributed by atoms with van der Waals surface area (Å²) in [5.74, 6) is 5.04. The van der Waals surface area contributed by atoms with Crippen LogP contribution in [0.4, 0.5) is 11.4 Å². The molecule has 0 aliphatic rings. The van der Waals surface area contributed by atoms with Crippen LogP contribution < -0.4 is 16.6 Å². The SMILES string of the molecule is NNc1cnccc1C(=O)Nc1ccc(CO)cc1. The maximum absolute atomic E-state index is 12.1. The molecule has 0 bridgehead atoms.